The summed E-state index contributed by atoms with van der Waals surface area (Å²) in [5, 5.41) is -0.477. The molecule has 1 heterocycles. The Kier molecular flexibility index (Phi) is 8.57. The van der Waals surface area contributed by atoms with Gasteiger partial charge in [-0.2, -0.15) is 0 Å². The Bertz CT molecular complexity index is 1030. The van der Waals surface area contributed by atoms with Crippen LogP contribution in [0, 0.1) is 0 Å². The summed E-state index contributed by atoms with van der Waals surface area (Å²) in [5.74, 6) is -0.658. The van der Waals surface area contributed by atoms with Gasteiger partial charge in [0.2, 0.25) is 0 Å². The van der Waals surface area contributed by atoms with Crippen molar-refractivity contribution < 1.29 is 28.6 Å². The fourth-order valence-electron chi connectivity index (χ4n) is 3.87. The molecule has 9 heteroatoms. The first-order valence-electron chi connectivity index (χ1n) is 10.9. The smallest absolute Gasteiger partial charge is 0.303 e. The number of carbonyl (C=O) groups excluding carboxylic acids is 3. The van der Waals surface area contributed by atoms with Crippen LogP contribution in [0.3, 0.4) is 0 Å². The molecule has 3 rings (SSSR count). The van der Waals surface area contributed by atoms with Crippen LogP contribution in [0.1, 0.15) is 24.7 Å². The lowest BCUT2D eigenvalue weighted by molar-refractivity contribution is -0.153. The number of thioether (sulfide) groups is 1. The van der Waals surface area contributed by atoms with Gasteiger partial charge in [-0.1, -0.05) is 24.3 Å². The number of likely N-dealkylation sites (N-methyl/N-ethyl adjacent to an activating group) is 1. The van der Waals surface area contributed by atoms with E-state index in [2.05, 4.69) is 0 Å². The van der Waals surface area contributed by atoms with Crippen molar-refractivity contribution in [2.75, 3.05) is 39.2 Å². The summed E-state index contributed by atoms with van der Waals surface area (Å²) in [6, 6.07) is 14.9. The largest absolute Gasteiger partial charge is 0.497 e. The van der Waals surface area contributed by atoms with E-state index in [0.717, 1.165) is 10.5 Å². The Hall–Kier alpha value is -3.04. The van der Waals surface area contributed by atoms with Gasteiger partial charge in [0.25, 0.3) is 5.91 Å². The Labute approximate surface area is 204 Å². The average Bonchev–Trinajstić information content (AvgIpc) is 2.88. The lowest BCUT2D eigenvalue weighted by Crippen LogP contribution is -2.48. The maximum atomic E-state index is 13.9. The highest BCUT2D eigenvalue weighted by atomic mass is 32.2. The maximum absolute atomic E-state index is 13.9. The van der Waals surface area contributed by atoms with Crippen LogP contribution in [0.5, 0.6) is 5.75 Å². The van der Waals surface area contributed by atoms with Crippen LogP contribution >= 0.6 is 11.8 Å². The van der Waals surface area contributed by atoms with Crippen LogP contribution in [0.4, 0.5) is 5.69 Å². The third-order valence-corrected chi connectivity index (χ3v) is 6.59. The molecule has 0 bridgehead atoms. The molecule has 0 spiro atoms. The first-order valence-corrected chi connectivity index (χ1v) is 11.8. The minimum atomic E-state index is -1.07. The number of hydrogen-bond acceptors (Lipinski definition) is 8. The van der Waals surface area contributed by atoms with Crippen LogP contribution in [0.15, 0.2) is 53.4 Å². The van der Waals surface area contributed by atoms with Gasteiger partial charge in [0, 0.05) is 25.3 Å². The molecule has 182 valence electrons. The maximum Gasteiger partial charge on any atom is 0.303 e. The number of fused-ring (bicyclic) bond motifs is 1. The van der Waals surface area contributed by atoms with Crippen LogP contribution in [-0.2, 0) is 23.9 Å². The number of esters is 2. The summed E-state index contributed by atoms with van der Waals surface area (Å²) in [4.78, 5) is 42.0. The Morgan fingerprint density at radius 1 is 1.06 bits per heavy atom. The number of hydrogen-bond donors (Lipinski definition) is 0. The van der Waals surface area contributed by atoms with Gasteiger partial charge in [0.05, 0.1) is 24.6 Å². The van der Waals surface area contributed by atoms with Crippen molar-refractivity contribution in [1.29, 1.82) is 0 Å². The van der Waals surface area contributed by atoms with Gasteiger partial charge in [0.1, 0.15) is 11.9 Å². The second-order valence-corrected chi connectivity index (χ2v) is 9.44. The monoisotopic (exact) mass is 486 g/mol. The van der Waals surface area contributed by atoms with Crippen LogP contribution in [-0.4, -0.2) is 69.2 Å². The second kappa shape index (κ2) is 11.4. The predicted molar refractivity (Wildman–Crippen MR) is 130 cm³/mol. The molecule has 2 aromatic rings. The van der Waals surface area contributed by atoms with Gasteiger partial charge in [-0.25, -0.2) is 0 Å². The quantitative estimate of drug-likeness (QED) is 0.526. The number of amides is 1. The minimum Gasteiger partial charge on any atom is -0.497 e. The standard InChI is InChI=1S/C25H30N2O6S/c1-16(28)32-20(14-26(3)4)15-27-21-8-6-7-9-22(21)34-24(23(25(27)30)33-17(2)29)18-10-12-19(31-5)13-11-18/h6-13,20,23-24H,14-15H2,1-5H3/t20?,23-,24-/m0/s1. The zero-order valence-corrected chi connectivity index (χ0v) is 20.8. The number of ether oxygens (including phenoxy) is 3. The molecule has 1 aliphatic rings. The lowest BCUT2D eigenvalue weighted by Gasteiger charge is -2.31. The molecule has 8 nitrogen and oxygen atoms in total. The van der Waals surface area contributed by atoms with E-state index in [1.54, 1.807) is 12.0 Å². The molecule has 2 aromatic carbocycles. The fraction of sp³-hybridized carbons (Fsp3) is 0.400. The zero-order chi connectivity index (χ0) is 24.8. The highest BCUT2D eigenvalue weighted by Gasteiger charge is 2.41. The average molecular weight is 487 g/mol. The van der Waals surface area contributed by atoms with E-state index in [9.17, 15) is 14.4 Å². The molecule has 3 atom stereocenters. The molecule has 34 heavy (non-hydrogen) atoms. The van der Waals surface area contributed by atoms with E-state index in [1.165, 1.54) is 25.6 Å². The summed E-state index contributed by atoms with van der Waals surface area (Å²) in [6.07, 6.45) is -1.63. The van der Waals surface area contributed by atoms with E-state index in [4.69, 9.17) is 14.2 Å². The SMILES string of the molecule is COc1ccc([C@@H]2Sc3ccccc3N(CC(CN(C)C)OC(C)=O)C(=O)[C@H]2OC(C)=O)cc1. The van der Waals surface area contributed by atoms with Crippen molar-refractivity contribution in [3.8, 4) is 5.75 Å². The van der Waals surface area contributed by atoms with Crippen molar-refractivity contribution in [3.63, 3.8) is 0 Å². The van der Waals surface area contributed by atoms with Crippen molar-refractivity contribution >= 4 is 35.3 Å². The topological polar surface area (TPSA) is 85.4 Å². The van der Waals surface area contributed by atoms with Gasteiger partial charge >= 0.3 is 11.9 Å². The first-order chi connectivity index (χ1) is 16.2. The van der Waals surface area contributed by atoms with Gasteiger partial charge in [0.15, 0.2) is 6.10 Å². The number of carbonyl (C=O) groups is 3. The first kappa shape index (κ1) is 25.6. The summed E-state index contributed by atoms with van der Waals surface area (Å²) in [7, 11) is 5.32. The third kappa shape index (κ3) is 6.30. The number of benzene rings is 2. The third-order valence-electron chi connectivity index (χ3n) is 5.22. The summed E-state index contributed by atoms with van der Waals surface area (Å²) in [6.45, 7) is 3.19. The Morgan fingerprint density at radius 2 is 1.74 bits per heavy atom. The van der Waals surface area contributed by atoms with Crippen LogP contribution in [0.2, 0.25) is 0 Å². The number of anilines is 1. The molecule has 0 fully saturated rings. The molecule has 1 aliphatic heterocycles. The molecule has 0 saturated heterocycles. The van der Waals surface area contributed by atoms with Crippen molar-refractivity contribution in [2.45, 2.75) is 36.2 Å². The molecule has 1 unspecified atom stereocenters. The van der Waals surface area contributed by atoms with E-state index in [1.807, 2.05) is 67.5 Å². The molecule has 1 amide bonds. The van der Waals surface area contributed by atoms with Crippen molar-refractivity contribution in [2.24, 2.45) is 0 Å². The molecule has 0 aromatic heterocycles. The van der Waals surface area contributed by atoms with Gasteiger partial charge < -0.3 is 24.0 Å². The Balaban J connectivity index is 2.06. The summed E-state index contributed by atoms with van der Waals surface area (Å²) < 4.78 is 16.4. The molecule has 0 saturated carbocycles. The van der Waals surface area contributed by atoms with Crippen molar-refractivity contribution in [1.82, 2.24) is 4.90 Å². The van der Waals surface area contributed by atoms with Gasteiger partial charge in [-0.15, -0.1) is 11.8 Å². The predicted octanol–water partition coefficient (Wildman–Crippen LogP) is 3.30. The zero-order valence-electron chi connectivity index (χ0n) is 20.0. The van der Waals surface area contributed by atoms with E-state index in [-0.39, 0.29) is 12.5 Å². The molecular formula is C25H30N2O6S. The van der Waals surface area contributed by atoms with E-state index < -0.39 is 29.4 Å². The summed E-state index contributed by atoms with van der Waals surface area (Å²) >= 11 is 1.46. The van der Waals surface area contributed by atoms with Crippen LogP contribution in [0.25, 0.3) is 0 Å². The van der Waals surface area contributed by atoms with Crippen molar-refractivity contribution in [3.05, 3.63) is 54.1 Å². The number of para-hydroxylation sites is 1. The van der Waals surface area contributed by atoms with Gasteiger partial charge in [-0.05, 0) is 43.9 Å². The normalized spacial score (nSPS) is 18.6. The van der Waals surface area contributed by atoms with Crippen LogP contribution < -0.4 is 9.64 Å². The number of nitrogens with zero attached hydrogens (tertiary/aromatic N) is 2. The molecule has 0 radical (unpaired) electrons. The summed E-state index contributed by atoms with van der Waals surface area (Å²) in [5.41, 5.74) is 1.51. The van der Waals surface area contributed by atoms with Gasteiger partial charge in [-0.3, -0.25) is 14.4 Å². The number of rotatable bonds is 8. The highest BCUT2D eigenvalue weighted by Crippen LogP contribution is 2.47. The molecule has 0 N–H and O–H groups in total. The highest BCUT2D eigenvalue weighted by molar-refractivity contribution is 7.99. The Morgan fingerprint density at radius 3 is 2.32 bits per heavy atom. The fourth-order valence-corrected chi connectivity index (χ4v) is 5.19. The lowest BCUT2D eigenvalue weighted by atomic mass is 10.1. The number of methoxy groups -OCH3 is 1. The molecular weight excluding hydrogens is 456 g/mol. The van der Waals surface area contributed by atoms with E-state index >= 15 is 0 Å². The van der Waals surface area contributed by atoms with E-state index in [0.29, 0.717) is 18.0 Å². The molecule has 0 aliphatic carbocycles. The minimum absolute atomic E-state index is 0.126. The second-order valence-electron chi connectivity index (χ2n) is 8.25.